The molecule has 0 aromatic rings. The van der Waals surface area contributed by atoms with Crippen molar-refractivity contribution in [2.75, 3.05) is 324 Å². The third-order valence-corrected chi connectivity index (χ3v) is 11.1. The predicted octanol–water partition coefficient (Wildman–Crippen LogP) is 0.907. The number of carbonyl (C=O) groups is 4. The lowest BCUT2D eigenvalue weighted by atomic mass is 10.2. The Bertz CT molecular complexity index is 1580. The van der Waals surface area contributed by atoms with Gasteiger partial charge in [-0.3, -0.25) is 9.59 Å². The van der Waals surface area contributed by atoms with Gasteiger partial charge in [-0.25, -0.2) is 9.59 Å². The third-order valence-electron chi connectivity index (χ3n) is 11.1. The Labute approximate surface area is 544 Å². The summed E-state index contributed by atoms with van der Waals surface area (Å²) in [6.45, 7) is 27.2. The van der Waals surface area contributed by atoms with E-state index >= 15 is 0 Å². The van der Waals surface area contributed by atoms with E-state index in [-0.39, 0.29) is 32.5 Å². The molecule has 3 amide bonds. The lowest BCUT2D eigenvalue weighted by Crippen LogP contribution is -2.34. The van der Waals surface area contributed by atoms with Crippen LogP contribution >= 0.6 is 0 Å². The molecule has 1 aliphatic rings. The number of hydrogen-bond donors (Lipinski definition) is 1. The van der Waals surface area contributed by atoms with Crippen LogP contribution in [0.15, 0.2) is 0 Å². The maximum atomic E-state index is 11.7. The second kappa shape index (κ2) is 70.7. The molecular weight excluding hydrogens is 1230 g/mol. The van der Waals surface area contributed by atoms with Crippen LogP contribution in [0.2, 0.25) is 0 Å². The molecular formula is C60H114N2O30. The van der Waals surface area contributed by atoms with Gasteiger partial charge in [0.1, 0.15) is 5.60 Å². The highest BCUT2D eigenvalue weighted by Gasteiger charge is 2.32. The first-order valence-electron chi connectivity index (χ1n) is 32.1. The number of alkyl carbamates (subject to hydrolysis) is 1. The average Bonchev–Trinajstić information content (AvgIpc) is 2.95. The second-order valence-electron chi connectivity index (χ2n) is 19.9. The first kappa shape index (κ1) is 86.9. The molecule has 1 fully saturated rings. The van der Waals surface area contributed by atoms with E-state index in [1.165, 1.54) is 0 Å². The van der Waals surface area contributed by atoms with Crippen LogP contribution in [0.1, 0.15) is 40.0 Å². The summed E-state index contributed by atoms with van der Waals surface area (Å²) in [5, 5.41) is 3.15. The molecule has 0 unspecified atom stereocenters. The summed E-state index contributed by atoms with van der Waals surface area (Å²) in [6.07, 6.45) is -0.442. The first-order valence-corrected chi connectivity index (χ1v) is 32.1. The minimum Gasteiger partial charge on any atom is -0.444 e. The van der Waals surface area contributed by atoms with Crippen LogP contribution in [0.4, 0.5) is 4.79 Å². The summed E-state index contributed by atoms with van der Waals surface area (Å²) < 4.78 is 137. The zero-order chi connectivity index (χ0) is 66.2. The molecule has 544 valence electrons. The standard InChI is InChI=1S/C60H114N2O30/c1-60(2,3)91-59(66)61-7-9-68-11-13-70-15-17-72-19-21-74-23-25-76-27-29-78-31-33-80-35-37-82-39-41-84-43-45-86-47-49-88-51-53-90-55-54-89-52-50-87-48-46-85-44-42-83-40-38-81-36-34-79-32-30-77-28-26-75-24-22-73-20-18-71-16-14-69-12-10-67-8-6-58(65)92-62-56(63)4-5-57(62)64/h4-55H2,1-3H3,(H,61,66). The van der Waals surface area contributed by atoms with Crippen molar-refractivity contribution in [3.8, 4) is 0 Å². The van der Waals surface area contributed by atoms with Gasteiger partial charge in [0, 0.05) is 19.4 Å². The molecule has 1 rings (SSSR count). The molecule has 32 nitrogen and oxygen atoms in total. The molecule has 1 aliphatic heterocycles. The van der Waals surface area contributed by atoms with Crippen LogP contribution < -0.4 is 5.32 Å². The number of rotatable bonds is 76. The third kappa shape index (κ3) is 68.3. The van der Waals surface area contributed by atoms with Crippen LogP contribution in [-0.2, 0) is 138 Å². The fraction of sp³-hybridized carbons (Fsp3) is 0.933. The lowest BCUT2D eigenvalue weighted by Gasteiger charge is -2.19. The summed E-state index contributed by atoms with van der Waals surface area (Å²) in [4.78, 5) is 50.9. The van der Waals surface area contributed by atoms with Crippen LogP contribution in [0.3, 0.4) is 0 Å². The molecule has 92 heavy (non-hydrogen) atoms. The van der Waals surface area contributed by atoms with Crippen LogP contribution in [0.5, 0.6) is 0 Å². The van der Waals surface area contributed by atoms with Gasteiger partial charge in [-0.2, -0.15) is 0 Å². The molecule has 0 spiro atoms. The molecule has 0 aromatic carbocycles. The van der Waals surface area contributed by atoms with Gasteiger partial charge in [-0.05, 0) is 20.8 Å². The number of hydrogen-bond acceptors (Lipinski definition) is 30. The van der Waals surface area contributed by atoms with Gasteiger partial charge in [0.05, 0.1) is 324 Å². The van der Waals surface area contributed by atoms with Gasteiger partial charge < -0.3 is 129 Å². The van der Waals surface area contributed by atoms with E-state index < -0.39 is 29.5 Å². The van der Waals surface area contributed by atoms with E-state index in [1.54, 1.807) is 0 Å². The van der Waals surface area contributed by atoms with E-state index in [4.69, 9.17) is 123 Å². The Kier molecular flexibility index (Phi) is 66.8. The van der Waals surface area contributed by atoms with Gasteiger partial charge in [-0.15, -0.1) is 5.06 Å². The van der Waals surface area contributed by atoms with Crippen molar-refractivity contribution in [3.05, 3.63) is 0 Å². The van der Waals surface area contributed by atoms with Gasteiger partial charge in [0.25, 0.3) is 11.8 Å². The van der Waals surface area contributed by atoms with E-state index in [1.807, 2.05) is 20.8 Å². The van der Waals surface area contributed by atoms with Crippen molar-refractivity contribution < 1.29 is 142 Å². The molecule has 0 radical (unpaired) electrons. The zero-order valence-electron chi connectivity index (χ0n) is 55.5. The number of ether oxygens (including phenoxy) is 25. The van der Waals surface area contributed by atoms with Crippen molar-refractivity contribution in [3.63, 3.8) is 0 Å². The van der Waals surface area contributed by atoms with Crippen molar-refractivity contribution in [1.29, 1.82) is 0 Å². The minimum atomic E-state index is -0.706. The second-order valence-corrected chi connectivity index (χ2v) is 19.9. The summed E-state index contributed by atoms with van der Waals surface area (Å²) in [5.74, 6) is -1.74. The summed E-state index contributed by atoms with van der Waals surface area (Å²) in [5.41, 5.74) is -0.524. The Morgan fingerprint density at radius 3 is 0.620 bits per heavy atom. The highest BCUT2D eigenvalue weighted by Crippen LogP contribution is 2.12. The highest BCUT2D eigenvalue weighted by molar-refractivity contribution is 6.01. The van der Waals surface area contributed by atoms with Crippen molar-refractivity contribution in [2.45, 2.75) is 45.6 Å². The molecule has 0 atom stereocenters. The Morgan fingerprint density at radius 1 is 0.283 bits per heavy atom. The molecule has 0 aliphatic carbocycles. The van der Waals surface area contributed by atoms with Gasteiger partial charge >= 0.3 is 12.1 Å². The zero-order valence-corrected chi connectivity index (χ0v) is 55.5. The largest absolute Gasteiger partial charge is 0.444 e. The number of hydroxylamine groups is 2. The smallest absolute Gasteiger partial charge is 0.407 e. The number of carbonyl (C=O) groups excluding carboxylic acids is 4. The molecule has 0 aromatic heterocycles. The first-order chi connectivity index (χ1) is 45.2. The molecule has 32 heteroatoms. The van der Waals surface area contributed by atoms with E-state index in [9.17, 15) is 19.2 Å². The summed E-state index contributed by atoms with van der Waals surface area (Å²) >= 11 is 0. The maximum absolute atomic E-state index is 11.7. The van der Waals surface area contributed by atoms with Crippen molar-refractivity contribution >= 4 is 23.9 Å². The lowest BCUT2D eigenvalue weighted by molar-refractivity contribution is -0.198. The number of imide groups is 1. The average molecular weight is 1340 g/mol. The summed E-state index contributed by atoms with van der Waals surface area (Å²) in [6, 6.07) is 0. The van der Waals surface area contributed by atoms with Gasteiger partial charge in [0.15, 0.2) is 0 Å². The fourth-order valence-electron chi connectivity index (χ4n) is 6.66. The Balaban J connectivity index is 1.60. The monoisotopic (exact) mass is 1340 g/mol. The van der Waals surface area contributed by atoms with Crippen LogP contribution in [0, 0.1) is 0 Å². The van der Waals surface area contributed by atoms with Crippen LogP contribution in [0.25, 0.3) is 0 Å². The Morgan fingerprint density at radius 2 is 0.446 bits per heavy atom. The van der Waals surface area contributed by atoms with Crippen molar-refractivity contribution in [1.82, 2.24) is 10.4 Å². The van der Waals surface area contributed by atoms with Crippen molar-refractivity contribution in [2.24, 2.45) is 0 Å². The highest BCUT2D eigenvalue weighted by atomic mass is 16.7. The number of nitrogens with one attached hydrogen (secondary N) is 1. The van der Waals surface area contributed by atoms with Crippen LogP contribution in [-0.4, -0.2) is 358 Å². The maximum Gasteiger partial charge on any atom is 0.407 e. The predicted molar refractivity (Wildman–Crippen MR) is 326 cm³/mol. The molecule has 1 N–H and O–H groups in total. The topological polar surface area (TPSA) is 324 Å². The molecule has 0 saturated carbocycles. The molecule has 1 saturated heterocycles. The number of amides is 3. The summed E-state index contributed by atoms with van der Waals surface area (Å²) in [7, 11) is 0. The Hall–Kier alpha value is -3.08. The van der Waals surface area contributed by atoms with Gasteiger partial charge in [-0.1, -0.05) is 0 Å². The van der Waals surface area contributed by atoms with E-state index in [2.05, 4.69) is 5.32 Å². The SMILES string of the molecule is CC(C)(C)OC(=O)NCCOCCOCCOCCOCCOCCOCCOCCOCCOCCOCCOCCOCCOCCOCCOCCOCCOCCOCCOCCOCCOCCOCCOCCOCCC(=O)ON1C(=O)CCC1=O. The quantitative estimate of drug-likeness (QED) is 0.0653. The van der Waals surface area contributed by atoms with Gasteiger partial charge in [0.2, 0.25) is 0 Å². The van der Waals surface area contributed by atoms with E-state index in [0.717, 1.165) is 0 Å². The number of nitrogens with zero attached hydrogens (tertiary/aromatic N) is 1. The van der Waals surface area contributed by atoms with E-state index in [0.29, 0.717) is 316 Å². The molecule has 0 bridgehead atoms. The fourth-order valence-corrected chi connectivity index (χ4v) is 6.66. The molecule has 1 heterocycles. The normalized spacial score (nSPS) is 12.7. The minimum absolute atomic E-state index is 0.0511.